The average molecular weight is 412 g/mol. The van der Waals surface area contributed by atoms with Crippen LogP contribution in [-0.4, -0.2) is 61.3 Å². The van der Waals surface area contributed by atoms with Gasteiger partial charge in [0.1, 0.15) is 12.4 Å². The van der Waals surface area contributed by atoms with E-state index in [2.05, 4.69) is 45.4 Å². The molecule has 1 aromatic heterocycles. The van der Waals surface area contributed by atoms with Crippen molar-refractivity contribution in [2.75, 3.05) is 39.9 Å². The van der Waals surface area contributed by atoms with E-state index in [4.69, 9.17) is 9.47 Å². The Morgan fingerprint density at radius 2 is 2.00 bits per heavy atom. The van der Waals surface area contributed by atoms with Crippen LogP contribution in [0.5, 0.6) is 5.75 Å². The average Bonchev–Trinajstić information content (AvgIpc) is 2.79. The normalized spacial score (nSPS) is 15.6. The first kappa shape index (κ1) is 22.1. The molecule has 2 aromatic rings. The smallest absolute Gasteiger partial charge is 0.191 e. The van der Waals surface area contributed by atoms with Crippen LogP contribution in [0.25, 0.3) is 0 Å². The summed E-state index contributed by atoms with van der Waals surface area (Å²) >= 11 is 0. The van der Waals surface area contributed by atoms with Crippen molar-refractivity contribution in [1.29, 1.82) is 0 Å². The zero-order valence-corrected chi connectivity index (χ0v) is 18.2. The van der Waals surface area contributed by atoms with Crippen molar-refractivity contribution in [2.45, 2.75) is 32.5 Å². The highest BCUT2D eigenvalue weighted by molar-refractivity contribution is 5.79. The van der Waals surface area contributed by atoms with Gasteiger partial charge in [-0.3, -0.25) is 14.9 Å². The summed E-state index contributed by atoms with van der Waals surface area (Å²) in [7, 11) is 1.80. The predicted octanol–water partition coefficient (Wildman–Crippen LogP) is 2.44. The third kappa shape index (κ3) is 6.71. The van der Waals surface area contributed by atoms with E-state index < -0.39 is 0 Å². The van der Waals surface area contributed by atoms with Crippen molar-refractivity contribution in [2.24, 2.45) is 4.99 Å². The van der Waals surface area contributed by atoms with Gasteiger partial charge in [0.25, 0.3) is 0 Å². The van der Waals surface area contributed by atoms with Gasteiger partial charge in [0.05, 0.1) is 18.9 Å². The summed E-state index contributed by atoms with van der Waals surface area (Å²) in [5.41, 5.74) is 2.07. The molecule has 0 atom stereocenters. The molecular formula is C23H33N5O2. The molecule has 3 rings (SSSR count). The number of hydrogen-bond acceptors (Lipinski definition) is 5. The number of ether oxygens (including phenoxy) is 2. The fourth-order valence-corrected chi connectivity index (χ4v) is 3.37. The molecule has 0 amide bonds. The van der Waals surface area contributed by atoms with E-state index in [9.17, 15) is 0 Å². The number of nitrogens with zero attached hydrogens (tertiary/aromatic N) is 3. The van der Waals surface area contributed by atoms with Gasteiger partial charge in [0.15, 0.2) is 5.96 Å². The minimum Gasteiger partial charge on any atom is -0.487 e. The van der Waals surface area contributed by atoms with Gasteiger partial charge in [-0.05, 0) is 43.7 Å². The Kier molecular flexibility index (Phi) is 8.04. The summed E-state index contributed by atoms with van der Waals surface area (Å²) in [5.74, 6) is 1.62. The number of guanidine groups is 1. The van der Waals surface area contributed by atoms with E-state index in [1.54, 1.807) is 13.2 Å². The van der Waals surface area contributed by atoms with E-state index in [0.717, 1.165) is 55.8 Å². The van der Waals surface area contributed by atoms with Gasteiger partial charge in [0.2, 0.25) is 0 Å². The molecule has 0 saturated carbocycles. The Hall–Kier alpha value is -2.64. The highest BCUT2D eigenvalue weighted by atomic mass is 16.5. The third-order valence-corrected chi connectivity index (χ3v) is 5.25. The minimum atomic E-state index is 0.0284. The summed E-state index contributed by atoms with van der Waals surface area (Å²) in [6.07, 6.45) is 1.78. The Morgan fingerprint density at radius 1 is 1.17 bits per heavy atom. The van der Waals surface area contributed by atoms with Crippen molar-refractivity contribution >= 4 is 5.96 Å². The lowest BCUT2D eigenvalue weighted by atomic mass is 10.0. The Labute approximate surface area is 179 Å². The van der Waals surface area contributed by atoms with Crippen LogP contribution in [0.1, 0.15) is 25.1 Å². The zero-order valence-electron chi connectivity index (χ0n) is 18.2. The van der Waals surface area contributed by atoms with Crippen molar-refractivity contribution in [1.82, 2.24) is 20.5 Å². The second-order valence-corrected chi connectivity index (χ2v) is 7.95. The zero-order chi connectivity index (χ0) is 21.2. The van der Waals surface area contributed by atoms with Crippen molar-refractivity contribution in [3.8, 4) is 5.75 Å². The first-order valence-corrected chi connectivity index (χ1v) is 10.5. The summed E-state index contributed by atoms with van der Waals surface area (Å²) < 4.78 is 11.3. The summed E-state index contributed by atoms with van der Waals surface area (Å²) in [5, 5.41) is 6.85. The lowest BCUT2D eigenvalue weighted by molar-refractivity contribution is -0.00834. The largest absolute Gasteiger partial charge is 0.487 e. The van der Waals surface area contributed by atoms with Crippen molar-refractivity contribution in [3.63, 3.8) is 0 Å². The van der Waals surface area contributed by atoms with E-state index in [0.29, 0.717) is 13.2 Å². The van der Waals surface area contributed by atoms with Gasteiger partial charge in [0, 0.05) is 45.0 Å². The molecule has 1 aromatic carbocycles. The number of nitrogens with one attached hydrogen (secondary N) is 2. The van der Waals surface area contributed by atoms with Crippen LogP contribution in [0.4, 0.5) is 0 Å². The van der Waals surface area contributed by atoms with Gasteiger partial charge in [-0.2, -0.15) is 0 Å². The maximum absolute atomic E-state index is 5.87. The van der Waals surface area contributed by atoms with Gasteiger partial charge in [-0.25, -0.2) is 0 Å². The fraction of sp³-hybridized carbons (Fsp3) is 0.478. The molecule has 0 spiro atoms. The molecule has 7 nitrogen and oxygen atoms in total. The Morgan fingerprint density at radius 3 is 2.73 bits per heavy atom. The molecule has 30 heavy (non-hydrogen) atoms. The number of aliphatic imine (C=N–C) groups is 1. The maximum atomic E-state index is 5.87. The topological polar surface area (TPSA) is 71.0 Å². The summed E-state index contributed by atoms with van der Waals surface area (Å²) in [6, 6.07) is 13.9. The number of rotatable bonds is 8. The van der Waals surface area contributed by atoms with E-state index >= 15 is 0 Å². The molecule has 2 heterocycles. The minimum absolute atomic E-state index is 0.0284. The highest BCUT2D eigenvalue weighted by Gasteiger charge is 2.28. The highest BCUT2D eigenvalue weighted by Crippen LogP contribution is 2.16. The standard InChI is InChI=1S/C23H33N5O2/c1-23(2,28-11-13-29-14-12-28)18-27-22(24-3)26-16-19-7-6-9-21(15-19)30-17-20-8-4-5-10-25-20/h4-10,15H,11-14,16-18H2,1-3H3,(H2,24,26,27). The van der Waals surface area contributed by atoms with Crippen LogP contribution >= 0.6 is 0 Å². The van der Waals surface area contributed by atoms with Gasteiger partial charge in [-0.1, -0.05) is 18.2 Å². The number of pyridine rings is 1. The molecule has 1 saturated heterocycles. The van der Waals surface area contributed by atoms with Crippen LogP contribution in [0.3, 0.4) is 0 Å². The Bertz CT molecular complexity index is 804. The molecule has 0 bridgehead atoms. The molecule has 162 valence electrons. The number of morpholine rings is 1. The van der Waals surface area contributed by atoms with Crippen LogP contribution in [0.15, 0.2) is 53.7 Å². The first-order valence-electron chi connectivity index (χ1n) is 10.5. The fourth-order valence-electron chi connectivity index (χ4n) is 3.37. The lowest BCUT2D eigenvalue weighted by Gasteiger charge is -2.41. The number of aromatic nitrogens is 1. The van der Waals surface area contributed by atoms with Gasteiger partial charge in [-0.15, -0.1) is 0 Å². The van der Waals surface area contributed by atoms with Crippen LogP contribution < -0.4 is 15.4 Å². The van der Waals surface area contributed by atoms with Crippen molar-refractivity contribution in [3.05, 3.63) is 59.9 Å². The SMILES string of the molecule is CN=C(NCc1cccc(OCc2ccccn2)c1)NCC(C)(C)N1CCOCC1. The van der Waals surface area contributed by atoms with E-state index in [-0.39, 0.29) is 5.54 Å². The van der Waals surface area contributed by atoms with E-state index in [1.165, 1.54) is 0 Å². The molecule has 1 aliphatic heterocycles. The second-order valence-electron chi connectivity index (χ2n) is 7.95. The van der Waals surface area contributed by atoms with Crippen molar-refractivity contribution < 1.29 is 9.47 Å². The molecule has 0 unspecified atom stereocenters. The summed E-state index contributed by atoms with van der Waals surface area (Å²) in [4.78, 5) is 11.1. The number of benzene rings is 1. The van der Waals surface area contributed by atoms with Gasteiger partial charge < -0.3 is 20.1 Å². The molecular weight excluding hydrogens is 378 g/mol. The Balaban J connectivity index is 1.47. The molecule has 0 radical (unpaired) electrons. The third-order valence-electron chi connectivity index (χ3n) is 5.25. The molecule has 1 fully saturated rings. The number of hydrogen-bond donors (Lipinski definition) is 2. The first-order chi connectivity index (χ1) is 14.6. The molecule has 2 N–H and O–H groups in total. The maximum Gasteiger partial charge on any atom is 0.191 e. The van der Waals surface area contributed by atoms with E-state index in [1.807, 2.05) is 36.4 Å². The molecule has 0 aliphatic carbocycles. The summed E-state index contributed by atoms with van der Waals surface area (Å²) in [6.45, 7) is 9.96. The molecule has 1 aliphatic rings. The lowest BCUT2D eigenvalue weighted by Crippen LogP contribution is -2.56. The second kappa shape index (κ2) is 10.9. The molecule has 7 heteroatoms. The monoisotopic (exact) mass is 411 g/mol. The van der Waals surface area contributed by atoms with Crippen LogP contribution in [0.2, 0.25) is 0 Å². The quantitative estimate of drug-likeness (QED) is 0.514. The van der Waals surface area contributed by atoms with Gasteiger partial charge >= 0.3 is 0 Å². The predicted molar refractivity (Wildman–Crippen MR) is 120 cm³/mol. The van der Waals surface area contributed by atoms with Crippen LogP contribution in [-0.2, 0) is 17.9 Å². The van der Waals surface area contributed by atoms with Crippen LogP contribution in [0, 0.1) is 0 Å².